The number of carbonyl (C=O) groups excluding carboxylic acids is 1. The molecule has 3 heterocycles. The molecule has 8 nitrogen and oxygen atoms in total. The monoisotopic (exact) mass is 366 g/mol. The Morgan fingerprint density at radius 1 is 1.26 bits per heavy atom. The molecule has 1 aromatic carbocycles. The summed E-state index contributed by atoms with van der Waals surface area (Å²) < 4.78 is 3.49. The summed E-state index contributed by atoms with van der Waals surface area (Å²) in [6.45, 7) is 7.16. The van der Waals surface area contributed by atoms with Crippen LogP contribution in [0, 0.1) is 0 Å². The molecule has 0 radical (unpaired) electrons. The molecule has 0 saturated heterocycles. The maximum atomic E-state index is 12.8. The lowest BCUT2D eigenvalue weighted by atomic mass is 10.1. The third kappa shape index (κ3) is 3.01. The number of amides is 1. The fourth-order valence-corrected chi connectivity index (χ4v) is 3.61. The number of para-hydroxylation sites is 1. The predicted octanol–water partition coefficient (Wildman–Crippen LogP) is 1.71. The highest BCUT2D eigenvalue weighted by molar-refractivity contribution is 5.79. The third-order valence-corrected chi connectivity index (χ3v) is 4.96. The molecule has 3 aromatic rings. The van der Waals surface area contributed by atoms with E-state index in [-0.39, 0.29) is 30.0 Å². The minimum absolute atomic E-state index is 0.0332. The second-order valence-corrected chi connectivity index (χ2v) is 7.32. The summed E-state index contributed by atoms with van der Waals surface area (Å²) >= 11 is 0. The molecule has 0 bridgehead atoms. The fourth-order valence-electron chi connectivity index (χ4n) is 3.61. The van der Waals surface area contributed by atoms with Crippen LogP contribution in [0.2, 0.25) is 0 Å². The van der Waals surface area contributed by atoms with Crippen molar-refractivity contribution in [1.82, 2.24) is 29.2 Å². The number of benzene rings is 1. The molecule has 4 rings (SSSR count). The van der Waals surface area contributed by atoms with Gasteiger partial charge in [-0.15, -0.1) is 10.2 Å². The fraction of sp³-hybridized carbons (Fsp3) is 0.421. The van der Waals surface area contributed by atoms with Crippen LogP contribution < -0.4 is 5.56 Å². The van der Waals surface area contributed by atoms with Crippen molar-refractivity contribution in [1.29, 1.82) is 0 Å². The van der Waals surface area contributed by atoms with E-state index in [2.05, 4.69) is 40.5 Å². The molecule has 0 aliphatic carbocycles. The Morgan fingerprint density at radius 3 is 2.81 bits per heavy atom. The van der Waals surface area contributed by atoms with E-state index < -0.39 is 0 Å². The molecule has 1 aliphatic heterocycles. The second-order valence-electron chi connectivity index (χ2n) is 7.32. The molecular formula is C19H22N6O2. The molecule has 27 heavy (non-hydrogen) atoms. The van der Waals surface area contributed by atoms with Gasteiger partial charge in [0.1, 0.15) is 12.4 Å². The number of fused-ring (bicyclic) bond motifs is 2. The molecule has 1 aliphatic rings. The highest BCUT2D eigenvalue weighted by atomic mass is 16.2. The van der Waals surface area contributed by atoms with Crippen molar-refractivity contribution in [3.05, 3.63) is 52.6 Å². The van der Waals surface area contributed by atoms with E-state index in [4.69, 9.17) is 0 Å². The normalized spacial score (nSPS) is 16.7. The van der Waals surface area contributed by atoms with Gasteiger partial charge in [0.15, 0.2) is 5.82 Å². The topological polar surface area (TPSA) is 85.9 Å². The van der Waals surface area contributed by atoms with Crippen molar-refractivity contribution < 1.29 is 4.79 Å². The Morgan fingerprint density at radius 2 is 2.04 bits per heavy atom. The average Bonchev–Trinajstić information content (AvgIpc) is 3.09. The minimum Gasteiger partial charge on any atom is -0.332 e. The van der Waals surface area contributed by atoms with E-state index in [0.717, 1.165) is 11.6 Å². The first-order chi connectivity index (χ1) is 13.0. The molecule has 0 spiro atoms. The van der Waals surface area contributed by atoms with Crippen LogP contribution in [0.15, 0.2) is 35.4 Å². The van der Waals surface area contributed by atoms with Gasteiger partial charge in [0.25, 0.3) is 5.56 Å². The Kier molecular flexibility index (Phi) is 4.25. The molecule has 0 saturated carbocycles. The lowest BCUT2D eigenvalue weighted by Gasteiger charge is -2.33. The number of rotatable bonds is 3. The predicted molar refractivity (Wildman–Crippen MR) is 100 cm³/mol. The lowest BCUT2D eigenvalue weighted by molar-refractivity contribution is -0.134. The summed E-state index contributed by atoms with van der Waals surface area (Å²) in [5.41, 5.74) is 0.427. The van der Waals surface area contributed by atoms with E-state index in [1.54, 1.807) is 23.1 Å². The van der Waals surface area contributed by atoms with E-state index in [9.17, 15) is 9.59 Å². The number of nitrogens with zero attached hydrogens (tertiary/aromatic N) is 6. The first kappa shape index (κ1) is 17.4. The number of hydrogen-bond donors (Lipinski definition) is 0. The first-order valence-electron chi connectivity index (χ1n) is 9.11. The summed E-state index contributed by atoms with van der Waals surface area (Å²) in [5.74, 6) is 1.88. The van der Waals surface area contributed by atoms with Crippen LogP contribution in [0.4, 0.5) is 0 Å². The average molecular weight is 366 g/mol. The van der Waals surface area contributed by atoms with Crippen LogP contribution >= 0.6 is 0 Å². The zero-order valence-electron chi connectivity index (χ0n) is 15.7. The van der Waals surface area contributed by atoms with Crippen LogP contribution in [0.3, 0.4) is 0 Å². The van der Waals surface area contributed by atoms with Crippen molar-refractivity contribution in [2.24, 2.45) is 0 Å². The van der Waals surface area contributed by atoms with Gasteiger partial charge in [-0.25, -0.2) is 4.98 Å². The summed E-state index contributed by atoms with van der Waals surface area (Å²) in [6, 6.07) is 7.24. The van der Waals surface area contributed by atoms with Crippen molar-refractivity contribution >= 4 is 16.8 Å². The highest BCUT2D eigenvalue weighted by Crippen LogP contribution is 2.25. The van der Waals surface area contributed by atoms with Crippen LogP contribution in [-0.4, -0.2) is 41.7 Å². The molecule has 1 atom stereocenters. The van der Waals surface area contributed by atoms with Gasteiger partial charge in [-0.1, -0.05) is 26.0 Å². The highest BCUT2D eigenvalue weighted by Gasteiger charge is 2.30. The van der Waals surface area contributed by atoms with Crippen LogP contribution in [0.1, 0.15) is 44.4 Å². The maximum Gasteiger partial charge on any atom is 0.261 e. The summed E-state index contributed by atoms with van der Waals surface area (Å²) in [6.07, 6.45) is 1.44. The smallest absolute Gasteiger partial charge is 0.261 e. The number of hydrogen-bond acceptors (Lipinski definition) is 5. The first-order valence-corrected chi connectivity index (χ1v) is 9.11. The van der Waals surface area contributed by atoms with Gasteiger partial charge in [0, 0.05) is 12.5 Å². The zero-order valence-corrected chi connectivity index (χ0v) is 15.7. The van der Waals surface area contributed by atoms with Crippen LogP contribution in [-0.2, 0) is 17.9 Å². The maximum absolute atomic E-state index is 12.8. The largest absolute Gasteiger partial charge is 0.332 e. The minimum atomic E-state index is -0.204. The van der Waals surface area contributed by atoms with Gasteiger partial charge in [-0.3, -0.25) is 14.2 Å². The van der Waals surface area contributed by atoms with Crippen LogP contribution in [0.5, 0.6) is 0 Å². The quantitative estimate of drug-likeness (QED) is 0.704. The van der Waals surface area contributed by atoms with Crippen molar-refractivity contribution in [2.45, 2.75) is 45.8 Å². The van der Waals surface area contributed by atoms with Crippen molar-refractivity contribution in [3.8, 4) is 0 Å². The molecule has 0 N–H and O–H groups in total. The van der Waals surface area contributed by atoms with E-state index in [0.29, 0.717) is 24.0 Å². The SMILES string of the molecule is CC(C)c1nnc2n1[C@@H](C)CN(C(=O)Cn1cnc3ccccc3c1=O)C2. The molecule has 0 unspecified atom stereocenters. The summed E-state index contributed by atoms with van der Waals surface area (Å²) in [4.78, 5) is 31.5. The van der Waals surface area contributed by atoms with Crippen molar-refractivity contribution in [2.75, 3.05) is 6.54 Å². The van der Waals surface area contributed by atoms with E-state index in [1.165, 1.54) is 10.9 Å². The van der Waals surface area contributed by atoms with Crippen molar-refractivity contribution in [3.63, 3.8) is 0 Å². The Bertz CT molecular complexity index is 1070. The van der Waals surface area contributed by atoms with Gasteiger partial charge in [0.05, 0.1) is 29.8 Å². The Hall–Kier alpha value is -3.03. The molecular weight excluding hydrogens is 344 g/mol. The van der Waals surface area contributed by atoms with Gasteiger partial charge in [-0.05, 0) is 19.1 Å². The third-order valence-electron chi connectivity index (χ3n) is 4.96. The van der Waals surface area contributed by atoms with Crippen LogP contribution in [0.25, 0.3) is 10.9 Å². The van der Waals surface area contributed by atoms with E-state index >= 15 is 0 Å². The van der Waals surface area contributed by atoms with Gasteiger partial charge >= 0.3 is 0 Å². The molecule has 2 aromatic heterocycles. The molecule has 0 fully saturated rings. The molecule has 140 valence electrons. The zero-order chi connectivity index (χ0) is 19.1. The van der Waals surface area contributed by atoms with Gasteiger partial charge < -0.3 is 9.47 Å². The number of aromatic nitrogens is 5. The lowest BCUT2D eigenvalue weighted by Crippen LogP contribution is -2.43. The Labute approximate surface area is 156 Å². The van der Waals surface area contributed by atoms with Gasteiger partial charge in [0.2, 0.25) is 5.91 Å². The van der Waals surface area contributed by atoms with Gasteiger partial charge in [-0.2, -0.15) is 0 Å². The Balaban J connectivity index is 1.57. The molecule has 8 heteroatoms. The summed E-state index contributed by atoms with van der Waals surface area (Å²) in [5, 5.41) is 9.06. The second kappa shape index (κ2) is 6.61. The standard InChI is InChI=1S/C19H22N6O2/c1-12(2)18-22-21-16-9-23(8-13(3)25(16)18)17(26)10-24-11-20-15-7-5-4-6-14(15)19(24)27/h4-7,11-13H,8-10H2,1-3H3/t13-/m0/s1. The van der Waals surface area contributed by atoms with E-state index in [1.807, 2.05) is 6.07 Å². The molecule has 1 amide bonds. The summed E-state index contributed by atoms with van der Waals surface area (Å²) in [7, 11) is 0. The number of carbonyl (C=O) groups is 1.